The summed E-state index contributed by atoms with van der Waals surface area (Å²) >= 11 is 1.67. The second-order valence-electron chi connectivity index (χ2n) is 5.23. The normalized spacial score (nSPS) is 10.7. The zero-order chi connectivity index (χ0) is 16.8. The third kappa shape index (κ3) is 4.22. The first-order chi connectivity index (χ1) is 11.1. The number of thiophene rings is 1. The minimum Gasteiger partial charge on any atom is -0.478 e. The molecule has 1 amide bonds. The fourth-order valence-electron chi connectivity index (χ4n) is 2.42. The summed E-state index contributed by atoms with van der Waals surface area (Å²) < 4.78 is 5.48. The summed E-state index contributed by atoms with van der Waals surface area (Å²) in [4.78, 5) is 26.8. The quantitative estimate of drug-likeness (QED) is 0.798. The number of aromatic carboxylic acids is 1. The molecule has 0 aliphatic heterocycles. The van der Waals surface area contributed by atoms with Crippen LogP contribution in [0.15, 0.2) is 28.0 Å². The van der Waals surface area contributed by atoms with Crippen LogP contribution in [0.25, 0.3) is 0 Å². The number of aryl methyl sites for hydroxylation is 1. The highest BCUT2D eigenvalue weighted by Crippen LogP contribution is 2.19. The van der Waals surface area contributed by atoms with Crippen molar-refractivity contribution in [3.8, 4) is 0 Å². The monoisotopic (exact) mass is 335 g/mol. The van der Waals surface area contributed by atoms with Gasteiger partial charge in [-0.25, -0.2) is 4.79 Å². The van der Waals surface area contributed by atoms with Crippen LogP contribution in [0.2, 0.25) is 0 Å². The Bertz CT molecular complexity index is 660. The molecule has 2 rings (SSSR count). The van der Waals surface area contributed by atoms with Gasteiger partial charge in [0.1, 0.15) is 11.3 Å². The van der Waals surface area contributed by atoms with E-state index in [-0.39, 0.29) is 17.2 Å². The van der Waals surface area contributed by atoms with Crippen LogP contribution in [0.4, 0.5) is 0 Å². The maximum absolute atomic E-state index is 12.6. The molecule has 0 saturated carbocycles. The van der Waals surface area contributed by atoms with E-state index in [1.165, 1.54) is 10.9 Å². The van der Waals surface area contributed by atoms with E-state index in [2.05, 4.69) is 0 Å². The maximum atomic E-state index is 12.6. The zero-order valence-electron chi connectivity index (χ0n) is 13.4. The molecule has 2 aromatic heterocycles. The van der Waals surface area contributed by atoms with Gasteiger partial charge in [-0.2, -0.15) is 0 Å². The molecular weight excluding hydrogens is 314 g/mol. The molecule has 23 heavy (non-hydrogen) atoms. The number of carboxylic acids is 1. The molecule has 2 heterocycles. The fraction of sp³-hybridized carbons (Fsp3) is 0.412. The fourth-order valence-corrected chi connectivity index (χ4v) is 3.12. The van der Waals surface area contributed by atoms with Gasteiger partial charge in [0.2, 0.25) is 0 Å². The summed E-state index contributed by atoms with van der Waals surface area (Å²) in [6, 6.07) is 5.38. The van der Waals surface area contributed by atoms with Crippen molar-refractivity contribution in [3.05, 3.63) is 45.5 Å². The van der Waals surface area contributed by atoms with Gasteiger partial charge in [-0.1, -0.05) is 19.9 Å². The molecule has 0 unspecified atom stereocenters. The van der Waals surface area contributed by atoms with Crippen LogP contribution in [0.3, 0.4) is 0 Å². The summed E-state index contributed by atoms with van der Waals surface area (Å²) in [5.41, 5.74) is 0.0746. The lowest BCUT2D eigenvalue weighted by atomic mass is 10.2. The summed E-state index contributed by atoms with van der Waals surface area (Å²) in [6.45, 7) is 5.03. The van der Waals surface area contributed by atoms with Crippen LogP contribution in [-0.4, -0.2) is 35.0 Å². The molecule has 0 bridgehead atoms. The first kappa shape index (κ1) is 17.3. The Morgan fingerprint density at radius 3 is 2.61 bits per heavy atom. The highest BCUT2D eigenvalue weighted by Gasteiger charge is 2.23. The van der Waals surface area contributed by atoms with E-state index in [0.29, 0.717) is 25.3 Å². The molecule has 1 N–H and O–H groups in total. The zero-order valence-corrected chi connectivity index (χ0v) is 14.2. The molecule has 124 valence electrons. The summed E-state index contributed by atoms with van der Waals surface area (Å²) in [7, 11) is 0. The van der Waals surface area contributed by atoms with Gasteiger partial charge in [0.15, 0.2) is 5.76 Å². The first-order valence-corrected chi connectivity index (χ1v) is 8.62. The van der Waals surface area contributed by atoms with Gasteiger partial charge in [-0.3, -0.25) is 4.79 Å². The van der Waals surface area contributed by atoms with E-state index >= 15 is 0 Å². The van der Waals surface area contributed by atoms with E-state index < -0.39 is 5.97 Å². The molecule has 0 aliphatic rings. The Labute approximate surface area is 139 Å². The molecule has 0 aromatic carbocycles. The number of nitrogens with zero attached hydrogens (tertiary/aromatic N) is 1. The molecule has 0 atom stereocenters. The minimum atomic E-state index is -1.06. The number of amides is 1. The largest absolute Gasteiger partial charge is 0.478 e. The van der Waals surface area contributed by atoms with Crippen LogP contribution >= 0.6 is 11.3 Å². The van der Waals surface area contributed by atoms with Gasteiger partial charge >= 0.3 is 5.97 Å². The van der Waals surface area contributed by atoms with Crippen molar-refractivity contribution >= 4 is 23.2 Å². The predicted molar refractivity (Wildman–Crippen MR) is 89.3 cm³/mol. The van der Waals surface area contributed by atoms with Gasteiger partial charge in [0.05, 0.1) is 0 Å². The van der Waals surface area contributed by atoms with Crippen molar-refractivity contribution in [3.63, 3.8) is 0 Å². The Hall–Kier alpha value is -2.08. The highest BCUT2D eigenvalue weighted by molar-refractivity contribution is 7.09. The van der Waals surface area contributed by atoms with Crippen molar-refractivity contribution < 1.29 is 19.1 Å². The minimum absolute atomic E-state index is 0.0746. The average Bonchev–Trinajstić information content (AvgIpc) is 3.19. The van der Waals surface area contributed by atoms with Crippen molar-refractivity contribution in [1.29, 1.82) is 0 Å². The van der Waals surface area contributed by atoms with Gasteiger partial charge in [-0.05, 0) is 24.3 Å². The van der Waals surface area contributed by atoms with Crippen molar-refractivity contribution in [2.45, 2.75) is 33.1 Å². The maximum Gasteiger partial charge on any atom is 0.339 e. The molecule has 0 spiro atoms. The topological polar surface area (TPSA) is 70.8 Å². The third-order valence-corrected chi connectivity index (χ3v) is 4.50. The van der Waals surface area contributed by atoms with Crippen molar-refractivity contribution in [2.24, 2.45) is 0 Å². The SMILES string of the molecule is CCCN(CCc1cccs1)C(=O)c1cc(C(=O)O)c(CC)o1. The van der Waals surface area contributed by atoms with E-state index in [0.717, 1.165) is 12.8 Å². The molecule has 0 saturated heterocycles. The van der Waals surface area contributed by atoms with Crippen LogP contribution in [-0.2, 0) is 12.8 Å². The molecule has 6 heteroatoms. The molecule has 5 nitrogen and oxygen atoms in total. The Kier molecular flexibility index (Phi) is 5.98. The Balaban J connectivity index is 2.15. The van der Waals surface area contributed by atoms with Crippen LogP contribution in [0.5, 0.6) is 0 Å². The Morgan fingerprint density at radius 1 is 1.30 bits per heavy atom. The van der Waals surface area contributed by atoms with E-state index in [4.69, 9.17) is 4.42 Å². The van der Waals surface area contributed by atoms with Crippen molar-refractivity contribution in [1.82, 2.24) is 4.90 Å². The van der Waals surface area contributed by atoms with E-state index in [1.54, 1.807) is 23.2 Å². The smallest absolute Gasteiger partial charge is 0.339 e. The molecular formula is C17H21NO4S. The Morgan fingerprint density at radius 2 is 2.09 bits per heavy atom. The van der Waals surface area contributed by atoms with E-state index in [9.17, 15) is 14.7 Å². The lowest BCUT2D eigenvalue weighted by Crippen LogP contribution is -2.33. The first-order valence-electron chi connectivity index (χ1n) is 7.74. The highest BCUT2D eigenvalue weighted by atomic mass is 32.1. The summed E-state index contributed by atoms with van der Waals surface area (Å²) in [5.74, 6) is -0.856. The average molecular weight is 335 g/mol. The molecule has 0 fully saturated rings. The van der Waals surface area contributed by atoms with Gasteiger partial charge < -0.3 is 14.4 Å². The second kappa shape index (κ2) is 7.97. The number of hydrogen-bond acceptors (Lipinski definition) is 4. The van der Waals surface area contributed by atoms with E-state index in [1.807, 2.05) is 24.4 Å². The van der Waals surface area contributed by atoms with Crippen LogP contribution in [0, 0.1) is 0 Å². The predicted octanol–water partition coefficient (Wildman–Crippen LogP) is 3.70. The van der Waals surface area contributed by atoms with Crippen LogP contribution in [0.1, 0.15) is 51.8 Å². The summed E-state index contributed by atoms with van der Waals surface area (Å²) in [5, 5.41) is 11.2. The van der Waals surface area contributed by atoms with Gasteiger partial charge in [0, 0.05) is 30.5 Å². The van der Waals surface area contributed by atoms with Crippen molar-refractivity contribution in [2.75, 3.05) is 13.1 Å². The number of carbonyl (C=O) groups excluding carboxylic acids is 1. The lowest BCUT2D eigenvalue weighted by Gasteiger charge is -2.20. The number of rotatable bonds is 8. The molecule has 0 aliphatic carbocycles. The molecule has 0 radical (unpaired) electrons. The third-order valence-electron chi connectivity index (χ3n) is 3.56. The lowest BCUT2D eigenvalue weighted by molar-refractivity contribution is 0.0691. The number of carboxylic acid groups (broad SMARTS) is 1. The van der Waals surface area contributed by atoms with Gasteiger partial charge in [-0.15, -0.1) is 11.3 Å². The van der Waals surface area contributed by atoms with Crippen LogP contribution < -0.4 is 0 Å². The number of carbonyl (C=O) groups is 2. The number of hydrogen-bond donors (Lipinski definition) is 1. The molecule has 2 aromatic rings. The van der Waals surface area contributed by atoms with Gasteiger partial charge in [0.25, 0.3) is 5.91 Å². The summed E-state index contributed by atoms with van der Waals surface area (Å²) in [6.07, 6.45) is 2.07. The second-order valence-corrected chi connectivity index (χ2v) is 6.26. The number of furan rings is 1. The standard InChI is InChI=1S/C17H21NO4S/c1-3-8-18(9-7-12-6-5-10-23-12)16(19)15-11-13(17(20)21)14(4-2)22-15/h5-6,10-11H,3-4,7-9H2,1-2H3,(H,20,21).